The lowest BCUT2D eigenvalue weighted by atomic mass is 9.49. The molecule has 0 amide bonds. The summed E-state index contributed by atoms with van der Waals surface area (Å²) in [6.45, 7) is 1.81. The van der Waals surface area contributed by atoms with E-state index in [1.54, 1.807) is 12.1 Å². The summed E-state index contributed by atoms with van der Waals surface area (Å²) in [4.78, 5) is 22.3. The van der Waals surface area contributed by atoms with Crippen LogP contribution in [0.25, 0.3) is 10.9 Å². The number of rotatable bonds is 4. The highest BCUT2D eigenvalue weighted by Gasteiger charge is 2.50. The van der Waals surface area contributed by atoms with Crippen molar-refractivity contribution < 1.29 is 0 Å². The number of fused-ring (bicyclic) bond motifs is 1. The molecule has 138 valence electrons. The van der Waals surface area contributed by atoms with Gasteiger partial charge in [0, 0.05) is 11.6 Å². The maximum Gasteiger partial charge on any atom is 0.258 e. The first-order valence-corrected chi connectivity index (χ1v) is 10.2. The van der Waals surface area contributed by atoms with Gasteiger partial charge >= 0.3 is 0 Å². The van der Waals surface area contributed by atoms with Gasteiger partial charge in [0.25, 0.3) is 5.56 Å². The second kappa shape index (κ2) is 6.07. The Morgan fingerprint density at radius 2 is 1.85 bits per heavy atom. The summed E-state index contributed by atoms with van der Waals surface area (Å²) in [5.74, 6) is 3.66. The summed E-state index contributed by atoms with van der Waals surface area (Å²) in [5, 5.41) is 1.13. The van der Waals surface area contributed by atoms with Crippen molar-refractivity contribution in [2.24, 2.45) is 23.2 Å². The number of benzene rings is 1. The van der Waals surface area contributed by atoms with Gasteiger partial charge in [0.1, 0.15) is 5.82 Å². The van der Waals surface area contributed by atoms with Crippen LogP contribution in [0.1, 0.15) is 44.3 Å². The second-order valence-corrected chi connectivity index (χ2v) is 9.70. The highest BCUT2D eigenvalue weighted by molar-refractivity contribution is 6.31. The Kier molecular flexibility index (Phi) is 3.91. The minimum absolute atomic E-state index is 0.101. The van der Waals surface area contributed by atoms with Gasteiger partial charge in [-0.15, -0.1) is 0 Å². The summed E-state index contributed by atoms with van der Waals surface area (Å²) in [6, 6.07) is 5.31. The highest BCUT2D eigenvalue weighted by atomic mass is 35.5. The standard InChI is InChI=1S/C21H26ClN3O/c1-25(12-21-8-13-4-14(9-21)6-15(5-13)10-21)11-19-23-18-3-2-16(22)7-17(18)20(26)24-19/h2-3,7,13-15H,4-6,8-12H2,1H3,(H,23,24,26). The van der Waals surface area contributed by atoms with Crippen molar-refractivity contribution in [2.45, 2.75) is 45.1 Å². The third kappa shape index (κ3) is 2.97. The Morgan fingerprint density at radius 3 is 2.50 bits per heavy atom. The average molecular weight is 372 g/mol. The zero-order chi connectivity index (χ0) is 17.9. The summed E-state index contributed by atoms with van der Waals surface area (Å²) in [5.41, 5.74) is 1.13. The quantitative estimate of drug-likeness (QED) is 0.875. The lowest BCUT2D eigenvalue weighted by Gasteiger charge is -2.57. The van der Waals surface area contributed by atoms with E-state index in [0.29, 0.717) is 22.4 Å². The largest absolute Gasteiger partial charge is 0.309 e. The molecule has 4 nitrogen and oxygen atoms in total. The van der Waals surface area contributed by atoms with Crippen molar-refractivity contribution in [1.29, 1.82) is 0 Å². The molecule has 26 heavy (non-hydrogen) atoms. The van der Waals surface area contributed by atoms with E-state index in [1.807, 2.05) is 6.07 Å². The lowest BCUT2D eigenvalue weighted by Crippen LogP contribution is -2.50. The maximum absolute atomic E-state index is 12.4. The lowest BCUT2D eigenvalue weighted by molar-refractivity contribution is -0.0672. The number of aromatic amines is 1. The minimum Gasteiger partial charge on any atom is -0.309 e. The predicted octanol–water partition coefficient (Wildman–Crippen LogP) is 4.22. The SMILES string of the molecule is CN(Cc1nc2ccc(Cl)cc2c(=O)[nH]1)CC12CC3CC(CC(C3)C1)C2. The van der Waals surface area contributed by atoms with E-state index < -0.39 is 0 Å². The van der Waals surface area contributed by atoms with Gasteiger partial charge in [0.05, 0.1) is 17.4 Å². The van der Waals surface area contributed by atoms with Crippen molar-refractivity contribution in [1.82, 2.24) is 14.9 Å². The molecule has 4 fully saturated rings. The molecular formula is C21H26ClN3O. The molecule has 6 rings (SSSR count). The Balaban J connectivity index is 1.34. The number of nitrogens with one attached hydrogen (secondary N) is 1. The zero-order valence-electron chi connectivity index (χ0n) is 15.3. The van der Waals surface area contributed by atoms with Crippen molar-refractivity contribution in [3.05, 3.63) is 39.4 Å². The van der Waals surface area contributed by atoms with E-state index in [2.05, 4.69) is 21.9 Å². The van der Waals surface area contributed by atoms with E-state index in [-0.39, 0.29) is 5.56 Å². The van der Waals surface area contributed by atoms with Crippen LogP contribution < -0.4 is 5.56 Å². The maximum atomic E-state index is 12.4. The summed E-state index contributed by atoms with van der Waals surface area (Å²) in [6.07, 6.45) is 8.65. The molecule has 0 spiro atoms. The molecule has 2 aromatic rings. The molecule has 5 heteroatoms. The Morgan fingerprint density at radius 1 is 1.19 bits per heavy atom. The molecule has 0 radical (unpaired) electrons. The molecule has 1 aromatic carbocycles. The van der Waals surface area contributed by atoms with E-state index in [0.717, 1.165) is 35.6 Å². The first-order valence-electron chi connectivity index (χ1n) is 9.85. The van der Waals surface area contributed by atoms with Crippen molar-refractivity contribution in [2.75, 3.05) is 13.6 Å². The van der Waals surface area contributed by atoms with Gasteiger partial charge < -0.3 is 4.98 Å². The molecule has 1 aromatic heterocycles. The molecular weight excluding hydrogens is 346 g/mol. The topological polar surface area (TPSA) is 49.0 Å². The van der Waals surface area contributed by atoms with E-state index in [9.17, 15) is 4.79 Å². The molecule has 4 aliphatic carbocycles. The van der Waals surface area contributed by atoms with E-state index >= 15 is 0 Å². The van der Waals surface area contributed by atoms with Crippen molar-refractivity contribution >= 4 is 22.5 Å². The van der Waals surface area contributed by atoms with Gasteiger partial charge in [0.15, 0.2) is 0 Å². The molecule has 0 unspecified atom stereocenters. The van der Waals surface area contributed by atoms with E-state index in [4.69, 9.17) is 11.6 Å². The predicted molar refractivity (Wildman–Crippen MR) is 104 cm³/mol. The number of hydrogen-bond donors (Lipinski definition) is 1. The fraction of sp³-hybridized carbons (Fsp3) is 0.619. The number of hydrogen-bond acceptors (Lipinski definition) is 3. The number of aromatic nitrogens is 2. The molecule has 4 aliphatic rings. The molecule has 0 atom stereocenters. The second-order valence-electron chi connectivity index (χ2n) is 9.26. The van der Waals surface area contributed by atoms with Gasteiger partial charge in [-0.2, -0.15) is 0 Å². The number of nitrogens with zero attached hydrogens (tertiary/aromatic N) is 2. The van der Waals surface area contributed by atoms with Crippen LogP contribution in [0, 0.1) is 23.2 Å². The van der Waals surface area contributed by atoms with Crippen LogP contribution in [-0.2, 0) is 6.54 Å². The highest BCUT2D eigenvalue weighted by Crippen LogP contribution is 2.60. The molecule has 0 aliphatic heterocycles. The first kappa shape index (κ1) is 16.8. The van der Waals surface area contributed by atoms with Crippen LogP contribution in [0.2, 0.25) is 5.02 Å². The molecule has 1 heterocycles. The molecule has 4 bridgehead atoms. The van der Waals surface area contributed by atoms with Crippen LogP contribution in [0.15, 0.2) is 23.0 Å². The fourth-order valence-corrected chi connectivity index (χ4v) is 6.77. The van der Waals surface area contributed by atoms with Gasteiger partial charge in [-0.05, 0) is 86.9 Å². The fourth-order valence-electron chi connectivity index (χ4n) is 6.60. The van der Waals surface area contributed by atoms with Crippen molar-refractivity contribution in [3.8, 4) is 0 Å². The summed E-state index contributed by atoms with van der Waals surface area (Å²) >= 11 is 6.00. The third-order valence-electron chi connectivity index (χ3n) is 6.91. The Labute approximate surface area is 159 Å². The van der Waals surface area contributed by atoms with Gasteiger partial charge in [-0.3, -0.25) is 9.69 Å². The monoisotopic (exact) mass is 371 g/mol. The molecule has 1 N–H and O–H groups in total. The summed E-state index contributed by atoms with van der Waals surface area (Å²) in [7, 11) is 2.17. The van der Waals surface area contributed by atoms with E-state index in [1.165, 1.54) is 38.5 Å². The number of halogens is 1. The van der Waals surface area contributed by atoms with Gasteiger partial charge in [-0.1, -0.05) is 11.6 Å². The van der Waals surface area contributed by atoms with Crippen LogP contribution in [0.4, 0.5) is 0 Å². The molecule has 4 saturated carbocycles. The summed E-state index contributed by atoms with van der Waals surface area (Å²) < 4.78 is 0. The van der Waals surface area contributed by atoms with Crippen LogP contribution in [0.5, 0.6) is 0 Å². The normalized spacial score (nSPS) is 32.7. The van der Waals surface area contributed by atoms with Gasteiger partial charge in [0.2, 0.25) is 0 Å². The zero-order valence-corrected chi connectivity index (χ0v) is 16.1. The third-order valence-corrected chi connectivity index (χ3v) is 7.14. The van der Waals surface area contributed by atoms with Crippen LogP contribution in [-0.4, -0.2) is 28.5 Å². The minimum atomic E-state index is -0.101. The number of H-pyrrole nitrogens is 1. The van der Waals surface area contributed by atoms with Crippen LogP contribution in [0.3, 0.4) is 0 Å². The van der Waals surface area contributed by atoms with Crippen LogP contribution >= 0.6 is 11.6 Å². The van der Waals surface area contributed by atoms with Crippen molar-refractivity contribution in [3.63, 3.8) is 0 Å². The Bertz CT molecular complexity index is 870. The smallest absolute Gasteiger partial charge is 0.258 e. The molecule has 0 saturated heterocycles. The Hall–Kier alpha value is -1.39. The van der Waals surface area contributed by atoms with Gasteiger partial charge in [-0.25, -0.2) is 4.98 Å². The first-order chi connectivity index (χ1) is 12.5. The average Bonchev–Trinajstić information content (AvgIpc) is 2.53.